The summed E-state index contributed by atoms with van der Waals surface area (Å²) in [5.74, 6) is 1.30. The number of aliphatic carboxylic acids is 1. The summed E-state index contributed by atoms with van der Waals surface area (Å²) in [5.41, 5.74) is 0.739. The van der Waals surface area contributed by atoms with Crippen LogP contribution in [0, 0.1) is 0 Å². The van der Waals surface area contributed by atoms with Crippen LogP contribution in [-0.2, 0) is 10.2 Å². The predicted molar refractivity (Wildman–Crippen MR) is 136 cm³/mol. The first kappa shape index (κ1) is 24.3. The molecule has 0 radical (unpaired) electrons. The normalized spacial score (nSPS) is 20.3. The molecule has 1 saturated heterocycles. The SMILES string of the molecule is COc1ccc(NC(=O)N2CC(c3ccc4c(c3)OCO4)CC(C(=O)O)(c3ccc(OC)cc3)C2)cc1. The molecule has 9 nitrogen and oxygen atoms in total. The number of ether oxygens (including phenoxy) is 4. The van der Waals surface area contributed by atoms with Crippen molar-refractivity contribution >= 4 is 17.7 Å². The Kier molecular flexibility index (Phi) is 6.52. The number of likely N-dealkylation sites (tertiary alicyclic amines) is 1. The second-order valence-electron chi connectivity index (χ2n) is 9.17. The number of piperidine rings is 1. The Balaban J connectivity index is 1.50. The van der Waals surface area contributed by atoms with Gasteiger partial charge >= 0.3 is 12.0 Å². The molecule has 0 saturated carbocycles. The lowest BCUT2D eigenvalue weighted by Crippen LogP contribution is -2.55. The fourth-order valence-electron chi connectivity index (χ4n) is 5.03. The molecule has 3 aromatic carbocycles. The molecule has 0 aliphatic carbocycles. The molecule has 3 aromatic rings. The zero-order chi connectivity index (χ0) is 26.0. The Hall–Kier alpha value is -4.40. The molecule has 5 rings (SSSR count). The molecule has 9 heteroatoms. The number of nitrogens with one attached hydrogen (secondary N) is 1. The number of carboxylic acid groups (broad SMARTS) is 1. The third-order valence-corrected chi connectivity index (χ3v) is 7.04. The van der Waals surface area contributed by atoms with Crippen LogP contribution < -0.4 is 24.3 Å². The maximum absolute atomic E-state index is 13.5. The molecule has 37 heavy (non-hydrogen) atoms. The molecule has 1 fully saturated rings. The number of amides is 2. The molecule has 2 heterocycles. The summed E-state index contributed by atoms with van der Waals surface area (Å²) >= 11 is 0. The van der Waals surface area contributed by atoms with Gasteiger partial charge in [-0.2, -0.15) is 0 Å². The first-order valence-corrected chi connectivity index (χ1v) is 11.9. The highest BCUT2D eigenvalue weighted by atomic mass is 16.7. The van der Waals surface area contributed by atoms with Gasteiger partial charge in [-0.15, -0.1) is 0 Å². The zero-order valence-corrected chi connectivity index (χ0v) is 20.6. The van der Waals surface area contributed by atoms with Gasteiger partial charge in [0.15, 0.2) is 11.5 Å². The van der Waals surface area contributed by atoms with Crippen LogP contribution in [0.5, 0.6) is 23.0 Å². The van der Waals surface area contributed by atoms with Crippen molar-refractivity contribution in [2.24, 2.45) is 0 Å². The van der Waals surface area contributed by atoms with Crippen LogP contribution >= 0.6 is 0 Å². The number of nitrogens with zero attached hydrogens (tertiary/aromatic N) is 1. The third kappa shape index (κ3) is 4.72. The molecular weight excluding hydrogens is 476 g/mol. The highest BCUT2D eigenvalue weighted by molar-refractivity contribution is 5.91. The van der Waals surface area contributed by atoms with E-state index in [0.717, 1.165) is 5.56 Å². The van der Waals surface area contributed by atoms with Crippen molar-refractivity contribution in [2.45, 2.75) is 17.8 Å². The molecule has 2 aliphatic rings. The molecule has 0 bridgehead atoms. The van der Waals surface area contributed by atoms with E-state index in [4.69, 9.17) is 18.9 Å². The Labute approximate surface area is 214 Å². The Bertz CT molecular complexity index is 1290. The lowest BCUT2D eigenvalue weighted by atomic mass is 9.69. The number of benzene rings is 3. The second kappa shape index (κ2) is 9.93. The van der Waals surface area contributed by atoms with Gasteiger partial charge in [0.2, 0.25) is 6.79 Å². The number of hydrogen-bond acceptors (Lipinski definition) is 6. The monoisotopic (exact) mass is 504 g/mol. The summed E-state index contributed by atoms with van der Waals surface area (Å²) in [7, 11) is 3.13. The molecule has 2 atom stereocenters. The number of urea groups is 1. The number of rotatable bonds is 6. The number of methoxy groups -OCH3 is 2. The van der Waals surface area contributed by atoms with Crippen LogP contribution in [0.25, 0.3) is 0 Å². The van der Waals surface area contributed by atoms with Gasteiger partial charge in [0.25, 0.3) is 0 Å². The molecule has 0 spiro atoms. The Morgan fingerprint density at radius 1 is 0.946 bits per heavy atom. The van der Waals surface area contributed by atoms with E-state index >= 15 is 0 Å². The first-order chi connectivity index (χ1) is 17.9. The van der Waals surface area contributed by atoms with Crippen molar-refractivity contribution in [3.63, 3.8) is 0 Å². The number of anilines is 1. The largest absolute Gasteiger partial charge is 0.497 e. The summed E-state index contributed by atoms with van der Waals surface area (Å²) in [6.07, 6.45) is 0.306. The van der Waals surface area contributed by atoms with E-state index in [9.17, 15) is 14.7 Å². The quantitative estimate of drug-likeness (QED) is 0.510. The van der Waals surface area contributed by atoms with Crippen molar-refractivity contribution < 1.29 is 33.6 Å². The Morgan fingerprint density at radius 2 is 1.59 bits per heavy atom. The summed E-state index contributed by atoms with van der Waals surface area (Å²) in [6.45, 7) is 0.495. The van der Waals surface area contributed by atoms with Crippen LogP contribution in [-0.4, -0.2) is 56.1 Å². The average molecular weight is 505 g/mol. The highest BCUT2D eigenvalue weighted by Gasteiger charge is 2.49. The summed E-state index contributed by atoms with van der Waals surface area (Å²) in [4.78, 5) is 28.0. The van der Waals surface area contributed by atoms with Crippen LogP contribution in [0.3, 0.4) is 0 Å². The van der Waals surface area contributed by atoms with Gasteiger partial charge in [0.05, 0.1) is 14.2 Å². The third-order valence-electron chi connectivity index (χ3n) is 7.04. The molecule has 0 aromatic heterocycles. The van der Waals surface area contributed by atoms with Crippen molar-refractivity contribution in [1.29, 1.82) is 0 Å². The second-order valence-corrected chi connectivity index (χ2v) is 9.17. The minimum Gasteiger partial charge on any atom is -0.497 e. The standard InChI is InChI=1S/C28H28N2O7/c1-34-22-8-4-20(5-9-22)28(26(31)32)14-19(18-3-12-24-25(13-18)37-17-36-24)15-30(16-28)27(33)29-21-6-10-23(35-2)11-7-21/h3-13,19H,14-17H2,1-2H3,(H,29,33)(H,31,32). The summed E-state index contributed by atoms with van der Waals surface area (Å²) < 4.78 is 21.5. The lowest BCUT2D eigenvalue weighted by Gasteiger charge is -2.44. The van der Waals surface area contributed by atoms with E-state index in [1.165, 1.54) is 0 Å². The zero-order valence-electron chi connectivity index (χ0n) is 20.6. The van der Waals surface area contributed by atoms with Gasteiger partial charge < -0.3 is 34.3 Å². The van der Waals surface area contributed by atoms with Gasteiger partial charge in [-0.25, -0.2) is 4.79 Å². The first-order valence-electron chi connectivity index (χ1n) is 11.9. The molecule has 2 amide bonds. The van der Waals surface area contributed by atoms with E-state index in [1.54, 1.807) is 67.7 Å². The summed E-state index contributed by atoms with van der Waals surface area (Å²) in [6, 6.07) is 19.2. The van der Waals surface area contributed by atoms with Crippen molar-refractivity contribution in [3.05, 3.63) is 77.9 Å². The number of hydrogen-bond donors (Lipinski definition) is 2. The fourth-order valence-corrected chi connectivity index (χ4v) is 5.03. The van der Waals surface area contributed by atoms with Gasteiger partial charge in [0, 0.05) is 24.7 Å². The summed E-state index contributed by atoms with van der Waals surface area (Å²) in [5, 5.41) is 13.5. The van der Waals surface area contributed by atoms with Crippen LogP contribution in [0.1, 0.15) is 23.5 Å². The van der Waals surface area contributed by atoms with Crippen LogP contribution in [0.15, 0.2) is 66.7 Å². The van der Waals surface area contributed by atoms with Gasteiger partial charge in [0.1, 0.15) is 16.9 Å². The topological polar surface area (TPSA) is 107 Å². The maximum atomic E-state index is 13.5. The van der Waals surface area contributed by atoms with E-state index in [0.29, 0.717) is 47.2 Å². The molecule has 2 aliphatic heterocycles. The van der Waals surface area contributed by atoms with Crippen LogP contribution in [0.4, 0.5) is 10.5 Å². The predicted octanol–water partition coefficient (Wildman–Crippen LogP) is 4.48. The lowest BCUT2D eigenvalue weighted by molar-refractivity contribution is -0.146. The molecule has 192 valence electrons. The van der Waals surface area contributed by atoms with E-state index < -0.39 is 11.4 Å². The van der Waals surface area contributed by atoms with E-state index in [1.807, 2.05) is 18.2 Å². The van der Waals surface area contributed by atoms with E-state index in [2.05, 4.69) is 5.32 Å². The highest BCUT2D eigenvalue weighted by Crippen LogP contribution is 2.44. The minimum atomic E-state index is -1.33. The number of carboxylic acids is 1. The smallest absolute Gasteiger partial charge is 0.321 e. The number of carbonyl (C=O) groups is 2. The average Bonchev–Trinajstić information content (AvgIpc) is 3.41. The fraction of sp³-hybridized carbons (Fsp3) is 0.286. The Morgan fingerprint density at radius 3 is 2.24 bits per heavy atom. The van der Waals surface area contributed by atoms with Gasteiger partial charge in [-0.3, -0.25) is 4.79 Å². The molecule has 2 N–H and O–H groups in total. The molecular formula is C28H28N2O7. The van der Waals surface area contributed by atoms with Crippen LogP contribution in [0.2, 0.25) is 0 Å². The van der Waals surface area contributed by atoms with E-state index in [-0.39, 0.29) is 25.3 Å². The van der Waals surface area contributed by atoms with Crippen molar-refractivity contribution in [2.75, 3.05) is 39.4 Å². The van der Waals surface area contributed by atoms with Crippen molar-refractivity contribution in [1.82, 2.24) is 4.90 Å². The van der Waals surface area contributed by atoms with Crippen molar-refractivity contribution in [3.8, 4) is 23.0 Å². The number of carbonyl (C=O) groups excluding carboxylic acids is 1. The number of fused-ring (bicyclic) bond motifs is 1. The molecule has 2 unspecified atom stereocenters. The van der Waals surface area contributed by atoms with Gasteiger partial charge in [-0.05, 0) is 66.1 Å². The minimum absolute atomic E-state index is 0.0116. The van der Waals surface area contributed by atoms with Gasteiger partial charge in [-0.1, -0.05) is 18.2 Å². The maximum Gasteiger partial charge on any atom is 0.321 e.